The Morgan fingerprint density at radius 2 is 2.31 bits per heavy atom. The maximum atomic E-state index is 12.4. The van der Waals surface area contributed by atoms with Crippen LogP contribution in [0.1, 0.15) is 6.92 Å². The first-order valence-corrected chi connectivity index (χ1v) is 4.09. The van der Waals surface area contributed by atoms with Crippen LogP contribution < -0.4 is 5.32 Å². The zero-order valence-corrected chi connectivity index (χ0v) is 7.78. The molecule has 0 bridgehead atoms. The third-order valence-corrected chi connectivity index (χ3v) is 1.63. The standard InChI is InChI=1S/C8H9ClF2N2/c1-8(10,11)5-13-7-6(9)3-2-4-12-7/h2-4H,5H2,1H3,(H,12,13). The first kappa shape index (κ1) is 10.2. The summed E-state index contributed by atoms with van der Waals surface area (Å²) < 4.78 is 24.8. The van der Waals surface area contributed by atoms with Gasteiger partial charge in [0.05, 0.1) is 11.6 Å². The molecule has 0 saturated carbocycles. The van der Waals surface area contributed by atoms with Crippen molar-refractivity contribution in [3.63, 3.8) is 0 Å². The van der Waals surface area contributed by atoms with Crippen molar-refractivity contribution >= 4 is 17.4 Å². The molecule has 0 amide bonds. The van der Waals surface area contributed by atoms with Crippen LogP contribution >= 0.6 is 11.6 Å². The summed E-state index contributed by atoms with van der Waals surface area (Å²) in [6.45, 7) is 0.362. The highest BCUT2D eigenvalue weighted by Gasteiger charge is 2.20. The van der Waals surface area contributed by atoms with Crippen LogP contribution in [0.15, 0.2) is 18.3 Å². The normalized spacial score (nSPS) is 11.4. The van der Waals surface area contributed by atoms with Crippen LogP contribution in [-0.4, -0.2) is 17.5 Å². The molecule has 1 N–H and O–H groups in total. The second kappa shape index (κ2) is 3.87. The Bertz CT molecular complexity index is 286. The number of anilines is 1. The lowest BCUT2D eigenvalue weighted by atomic mass is 10.4. The molecular weight excluding hydrogens is 198 g/mol. The van der Waals surface area contributed by atoms with E-state index in [1.807, 2.05) is 0 Å². The van der Waals surface area contributed by atoms with Gasteiger partial charge in [-0.2, -0.15) is 0 Å². The topological polar surface area (TPSA) is 24.9 Å². The Kier molecular flexibility index (Phi) is 3.03. The monoisotopic (exact) mass is 206 g/mol. The average Bonchev–Trinajstić information content (AvgIpc) is 2.01. The van der Waals surface area contributed by atoms with Gasteiger partial charge in [0.2, 0.25) is 0 Å². The van der Waals surface area contributed by atoms with Gasteiger partial charge in [-0.3, -0.25) is 0 Å². The maximum absolute atomic E-state index is 12.4. The number of rotatable bonds is 3. The van der Waals surface area contributed by atoms with Gasteiger partial charge in [0, 0.05) is 13.1 Å². The summed E-state index contributed by atoms with van der Waals surface area (Å²) in [5.74, 6) is -2.48. The van der Waals surface area contributed by atoms with E-state index < -0.39 is 12.5 Å². The van der Waals surface area contributed by atoms with Crippen molar-refractivity contribution in [2.75, 3.05) is 11.9 Å². The van der Waals surface area contributed by atoms with Crippen molar-refractivity contribution < 1.29 is 8.78 Å². The van der Waals surface area contributed by atoms with Crippen LogP contribution in [0.25, 0.3) is 0 Å². The van der Waals surface area contributed by atoms with Crippen LogP contribution in [0.4, 0.5) is 14.6 Å². The lowest BCUT2D eigenvalue weighted by molar-refractivity contribution is 0.0367. The molecule has 0 aliphatic rings. The van der Waals surface area contributed by atoms with Crippen LogP contribution in [0.5, 0.6) is 0 Å². The Balaban J connectivity index is 2.60. The van der Waals surface area contributed by atoms with E-state index in [4.69, 9.17) is 11.6 Å². The fourth-order valence-corrected chi connectivity index (χ4v) is 0.943. The molecular formula is C8H9ClF2N2. The molecule has 72 valence electrons. The molecule has 2 nitrogen and oxygen atoms in total. The van der Waals surface area contributed by atoms with Crippen LogP contribution in [-0.2, 0) is 0 Å². The van der Waals surface area contributed by atoms with Crippen LogP contribution in [0.3, 0.4) is 0 Å². The van der Waals surface area contributed by atoms with Gasteiger partial charge in [0.1, 0.15) is 5.82 Å². The number of hydrogen-bond acceptors (Lipinski definition) is 2. The van der Waals surface area contributed by atoms with Crippen molar-refractivity contribution in [2.24, 2.45) is 0 Å². The van der Waals surface area contributed by atoms with Crippen molar-refractivity contribution in [3.8, 4) is 0 Å². The average molecular weight is 207 g/mol. The summed E-state index contributed by atoms with van der Waals surface area (Å²) in [4.78, 5) is 3.80. The molecule has 1 aromatic heterocycles. The van der Waals surface area contributed by atoms with Gasteiger partial charge in [0.25, 0.3) is 5.92 Å². The second-order valence-electron chi connectivity index (χ2n) is 2.76. The summed E-state index contributed by atoms with van der Waals surface area (Å²) >= 11 is 5.68. The molecule has 0 atom stereocenters. The van der Waals surface area contributed by atoms with Crippen molar-refractivity contribution in [3.05, 3.63) is 23.4 Å². The molecule has 0 fully saturated rings. The van der Waals surface area contributed by atoms with E-state index in [2.05, 4.69) is 10.3 Å². The highest BCUT2D eigenvalue weighted by molar-refractivity contribution is 6.32. The van der Waals surface area contributed by atoms with Crippen molar-refractivity contribution in [1.82, 2.24) is 4.98 Å². The van der Waals surface area contributed by atoms with Crippen LogP contribution in [0, 0.1) is 0 Å². The van der Waals surface area contributed by atoms with Gasteiger partial charge in [-0.1, -0.05) is 11.6 Å². The Morgan fingerprint density at radius 3 is 2.85 bits per heavy atom. The van der Waals surface area contributed by atoms with Crippen LogP contribution in [0.2, 0.25) is 5.02 Å². The van der Waals surface area contributed by atoms with Gasteiger partial charge in [-0.25, -0.2) is 13.8 Å². The molecule has 1 rings (SSSR count). The quantitative estimate of drug-likeness (QED) is 0.823. The minimum atomic E-state index is -2.76. The number of nitrogens with zero attached hydrogens (tertiary/aromatic N) is 1. The zero-order chi connectivity index (χ0) is 9.90. The number of aromatic nitrogens is 1. The van der Waals surface area contributed by atoms with Gasteiger partial charge in [-0.05, 0) is 12.1 Å². The largest absolute Gasteiger partial charge is 0.363 e. The second-order valence-corrected chi connectivity index (χ2v) is 3.16. The third-order valence-electron chi connectivity index (χ3n) is 1.32. The molecule has 0 spiro atoms. The number of alkyl halides is 2. The Labute approximate surface area is 79.9 Å². The number of hydrogen-bond donors (Lipinski definition) is 1. The molecule has 0 radical (unpaired) electrons. The van der Waals surface area contributed by atoms with Crippen molar-refractivity contribution in [2.45, 2.75) is 12.8 Å². The third kappa shape index (κ3) is 3.55. The summed E-state index contributed by atoms with van der Waals surface area (Å²) in [5, 5.41) is 2.80. The predicted octanol–water partition coefficient (Wildman–Crippen LogP) is 2.80. The van der Waals surface area contributed by atoms with Gasteiger partial charge in [0.15, 0.2) is 0 Å². The smallest absolute Gasteiger partial charge is 0.262 e. The molecule has 5 heteroatoms. The number of pyridine rings is 1. The predicted molar refractivity (Wildman–Crippen MR) is 48.4 cm³/mol. The molecule has 0 aliphatic heterocycles. The molecule has 1 heterocycles. The zero-order valence-electron chi connectivity index (χ0n) is 7.02. The van der Waals surface area contributed by atoms with E-state index in [0.29, 0.717) is 5.02 Å². The van der Waals surface area contributed by atoms with Gasteiger partial charge < -0.3 is 5.32 Å². The highest BCUT2D eigenvalue weighted by atomic mass is 35.5. The summed E-state index contributed by atoms with van der Waals surface area (Å²) in [5.41, 5.74) is 0. The fraction of sp³-hybridized carbons (Fsp3) is 0.375. The Morgan fingerprint density at radius 1 is 1.62 bits per heavy atom. The summed E-state index contributed by atoms with van der Waals surface area (Å²) in [6.07, 6.45) is 1.49. The first-order valence-electron chi connectivity index (χ1n) is 3.71. The number of halogens is 3. The molecule has 0 aromatic carbocycles. The van der Waals surface area contributed by atoms with E-state index in [1.165, 1.54) is 6.20 Å². The minimum Gasteiger partial charge on any atom is -0.363 e. The summed E-state index contributed by atoms with van der Waals surface area (Å²) in [6, 6.07) is 3.22. The maximum Gasteiger partial charge on any atom is 0.262 e. The van der Waals surface area contributed by atoms with Gasteiger partial charge in [-0.15, -0.1) is 0 Å². The fourth-order valence-electron chi connectivity index (χ4n) is 0.755. The Hall–Kier alpha value is -0.900. The highest BCUT2D eigenvalue weighted by Crippen LogP contribution is 2.19. The summed E-state index contributed by atoms with van der Waals surface area (Å²) in [7, 11) is 0. The molecule has 0 aliphatic carbocycles. The molecule has 13 heavy (non-hydrogen) atoms. The van der Waals surface area contributed by atoms with E-state index in [9.17, 15) is 8.78 Å². The van der Waals surface area contributed by atoms with Gasteiger partial charge >= 0.3 is 0 Å². The van der Waals surface area contributed by atoms with E-state index in [1.54, 1.807) is 12.1 Å². The lowest BCUT2D eigenvalue weighted by Gasteiger charge is -2.12. The van der Waals surface area contributed by atoms with Crippen molar-refractivity contribution in [1.29, 1.82) is 0 Å². The molecule has 0 unspecified atom stereocenters. The first-order chi connectivity index (χ1) is 5.99. The molecule has 1 aromatic rings. The number of nitrogens with one attached hydrogen (secondary N) is 1. The van der Waals surface area contributed by atoms with E-state index in [0.717, 1.165) is 6.92 Å². The molecule has 0 saturated heterocycles. The lowest BCUT2D eigenvalue weighted by Crippen LogP contribution is -2.23. The minimum absolute atomic E-state index is 0.283. The van der Waals surface area contributed by atoms with E-state index in [-0.39, 0.29) is 5.82 Å². The van der Waals surface area contributed by atoms with E-state index >= 15 is 0 Å². The SMILES string of the molecule is CC(F)(F)CNc1ncccc1Cl.